The average Bonchev–Trinajstić information content (AvgIpc) is 2.66. The van der Waals surface area contributed by atoms with Gasteiger partial charge in [-0.25, -0.2) is 0 Å². The van der Waals surface area contributed by atoms with Crippen LogP contribution in [0.2, 0.25) is 5.02 Å². The van der Waals surface area contributed by atoms with Crippen molar-refractivity contribution in [3.63, 3.8) is 0 Å². The van der Waals surface area contributed by atoms with Crippen LogP contribution in [0.3, 0.4) is 0 Å². The van der Waals surface area contributed by atoms with Gasteiger partial charge in [0.2, 0.25) is 0 Å². The van der Waals surface area contributed by atoms with Gasteiger partial charge in [0, 0.05) is 35.8 Å². The molecule has 0 spiro atoms. The summed E-state index contributed by atoms with van der Waals surface area (Å²) in [5.41, 5.74) is 2.00. The highest BCUT2D eigenvalue weighted by molar-refractivity contribution is 6.30. The van der Waals surface area contributed by atoms with Crippen molar-refractivity contribution in [3.8, 4) is 0 Å². The fourth-order valence-corrected chi connectivity index (χ4v) is 2.84. The van der Waals surface area contributed by atoms with Gasteiger partial charge in [0.1, 0.15) is 0 Å². The smallest absolute Gasteiger partial charge is 0.253 e. The van der Waals surface area contributed by atoms with Gasteiger partial charge in [-0.2, -0.15) is 0 Å². The van der Waals surface area contributed by atoms with Crippen LogP contribution >= 0.6 is 11.6 Å². The molecule has 0 bridgehead atoms. The minimum absolute atomic E-state index is 0.0268. The Balaban J connectivity index is 2.05. The van der Waals surface area contributed by atoms with E-state index >= 15 is 0 Å². The number of rotatable bonds is 8. The quantitative estimate of drug-likeness (QED) is 0.739. The fourth-order valence-electron chi connectivity index (χ4n) is 2.72. The van der Waals surface area contributed by atoms with Crippen LogP contribution in [-0.2, 0) is 6.54 Å². The van der Waals surface area contributed by atoms with Crippen LogP contribution < -0.4 is 5.32 Å². The fraction of sp³-hybridized carbons (Fsp3) is 0.333. The molecule has 138 valence electrons. The standard InChI is InChI=1S/C21H25ClN2O2/c1-3-12-24(13-4-2)21(26)18-7-5-6-17(14-18)20(25)23-15-16-8-10-19(22)11-9-16/h5-11,14H,3-4,12-13,15H2,1-2H3,(H,23,25). The van der Waals surface area contributed by atoms with E-state index in [1.165, 1.54) is 0 Å². The van der Waals surface area contributed by atoms with E-state index in [0.29, 0.717) is 22.7 Å². The summed E-state index contributed by atoms with van der Waals surface area (Å²) in [5.74, 6) is -0.229. The van der Waals surface area contributed by atoms with Crippen LogP contribution in [0.4, 0.5) is 0 Å². The van der Waals surface area contributed by atoms with Gasteiger partial charge in [-0.05, 0) is 48.7 Å². The normalized spacial score (nSPS) is 10.4. The molecule has 2 aromatic rings. The molecule has 0 saturated carbocycles. The maximum atomic E-state index is 12.7. The summed E-state index contributed by atoms with van der Waals surface area (Å²) in [6, 6.07) is 14.2. The van der Waals surface area contributed by atoms with Gasteiger partial charge in [0.25, 0.3) is 11.8 Å². The number of carbonyl (C=O) groups excluding carboxylic acids is 2. The molecule has 2 rings (SSSR count). The van der Waals surface area contributed by atoms with Gasteiger partial charge in [0.15, 0.2) is 0 Å². The number of hydrogen-bond acceptors (Lipinski definition) is 2. The van der Waals surface area contributed by atoms with Crippen molar-refractivity contribution in [2.75, 3.05) is 13.1 Å². The van der Waals surface area contributed by atoms with Crippen molar-refractivity contribution in [2.24, 2.45) is 0 Å². The molecular formula is C21H25ClN2O2. The summed E-state index contributed by atoms with van der Waals surface area (Å²) < 4.78 is 0. The zero-order valence-corrected chi connectivity index (χ0v) is 16.1. The van der Waals surface area contributed by atoms with Crippen molar-refractivity contribution in [3.05, 3.63) is 70.2 Å². The first-order chi connectivity index (χ1) is 12.5. The molecule has 0 atom stereocenters. The Hall–Kier alpha value is -2.33. The van der Waals surface area contributed by atoms with E-state index in [1.807, 2.05) is 17.0 Å². The summed E-state index contributed by atoms with van der Waals surface area (Å²) in [4.78, 5) is 26.9. The van der Waals surface area contributed by atoms with Gasteiger partial charge in [0.05, 0.1) is 0 Å². The number of nitrogens with zero attached hydrogens (tertiary/aromatic N) is 1. The molecule has 0 radical (unpaired) electrons. The molecule has 0 fully saturated rings. The number of carbonyl (C=O) groups is 2. The molecule has 0 aliphatic carbocycles. The van der Waals surface area contributed by atoms with Crippen LogP contribution in [0.1, 0.15) is 53.0 Å². The van der Waals surface area contributed by atoms with E-state index in [0.717, 1.165) is 31.5 Å². The van der Waals surface area contributed by atoms with E-state index in [9.17, 15) is 9.59 Å². The Kier molecular flexibility index (Phi) is 7.67. The second-order valence-electron chi connectivity index (χ2n) is 6.18. The van der Waals surface area contributed by atoms with Gasteiger partial charge in [-0.3, -0.25) is 9.59 Å². The van der Waals surface area contributed by atoms with E-state index in [1.54, 1.807) is 36.4 Å². The van der Waals surface area contributed by atoms with E-state index in [4.69, 9.17) is 11.6 Å². The van der Waals surface area contributed by atoms with Crippen molar-refractivity contribution in [1.82, 2.24) is 10.2 Å². The Labute approximate surface area is 160 Å². The lowest BCUT2D eigenvalue weighted by molar-refractivity contribution is 0.0755. The minimum Gasteiger partial charge on any atom is -0.348 e. The van der Waals surface area contributed by atoms with Gasteiger partial charge in [-0.15, -0.1) is 0 Å². The first kappa shape index (κ1) is 20.0. The minimum atomic E-state index is -0.202. The number of amides is 2. The third-order valence-corrected chi connectivity index (χ3v) is 4.26. The average molecular weight is 373 g/mol. The van der Waals surface area contributed by atoms with Crippen LogP contribution in [0.5, 0.6) is 0 Å². The zero-order chi connectivity index (χ0) is 18.9. The van der Waals surface area contributed by atoms with E-state index < -0.39 is 0 Å². The molecule has 4 nitrogen and oxygen atoms in total. The van der Waals surface area contributed by atoms with Crippen LogP contribution in [0.25, 0.3) is 0 Å². The highest BCUT2D eigenvalue weighted by Gasteiger charge is 2.16. The van der Waals surface area contributed by atoms with Crippen LogP contribution in [0, 0.1) is 0 Å². The van der Waals surface area contributed by atoms with Crippen LogP contribution in [0.15, 0.2) is 48.5 Å². The van der Waals surface area contributed by atoms with Gasteiger partial charge >= 0.3 is 0 Å². The molecule has 5 heteroatoms. The summed E-state index contributed by atoms with van der Waals surface area (Å²) >= 11 is 5.86. The lowest BCUT2D eigenvalue weighted by Crippen LogP contribution is -2.32. The SMILES string of the molecule is CCCN(CCC)C(=O)c1cccc(C(=O)NCc2ccc(Cl)cc2)c1. The Bertz CT molecular complexity index is 738. The molecule has 0 aromatic heterocycles. The molecule has 2 aromatic carbocycles. The molecule has 26 heavy (non-hydrogen) atoms. The number of benzene rings is 2. The summed E-state index contributed by atoms with van der Waals surface area (Å²) in [7, 11) is 0. The highest BCUT2D eigenvalue weighted by Crippen LogP contribution is 2.12. The van der Waals surface area contributed by atoms with E-state index in [2.05, 4.69) is 19.2 Å². The molecular weight excluding hydrogens is 348 g/mol. The number of hydrogen-bond donors (Lipinski definition) is 1. The monoisotopic (exact) mass is 372 g/mol. The lowest BCUT2D eigenvalue weighted by Gasteiger charge is -2.21. The summed E-state index contributed by atoms with van der Waals surface area (Å²) in [6.07, 6.45) is 1.82. The van der Waals surface area contributed by atoms with Gasteiger partial charge < -0.3 is 10.2 Å². The molecule has 0 heterocycles. The van der Waals surface area contributed by atoms with Crippen molar-refractivity contribution in [1.29, 1.82) is 0 Å². The molecule has 2 amide bonds. The summed E-state index contributed by atoms with van der Waals surface area (Å²) in [5, 5.41) is 3.54. The first-order valence-corrected chi connectivity index (χ1v) is 9.35. The number of nitrogens with one attached hydrogen (secondary N) is 1. The van der Waals surface area contributed by atoms with Crippen LogP contribution in [-0.4, -0.2) is 29.8 Å². The first-order valence-electron chi connectivity index (χ1n) is 8.97. The largest absolute Gasteiger partial charge is 0.348 e. The topological polar surface area (TPSA) is 49.4 Å². The summed E-state index contributed by atoms with van der Waals surface area (Å²) in [6.45, 7) is 5.96. The van der Waals surface area contributed by atoms with Crippen molar-refractivity contribution in [2.45, 2.75) is 33.2 Å². The second-order valence-corrected chi connectivity index (χ2v) is 6.62. The molecule has 0 saturated heterocycles. The highest BCUT2D eigenvalue weighted by atomic mass is 35.5. The molecule has 0 unspecified atom stereocenters. The molecule has 0 aliphatic heterocycles. The number of halogens is 1. The second kappa shape index (κ2) is 9.97. The predicted molar refractivity (Wildman–Crippen MR) is 106 cm³/mol. The maximum Gasteiger partial charge on any atom is 0.253 e. The predicted octanol–water partition coefficient (Wildman–Crippen LogP) is 4.53. The Morgan fingerprint density at radius 2 is 1.58 bits per heavy atom. The van der Waals surface area contributed by atoms with E-state index in [-0.39, 0.29) is 11.8 Å². The van der Waals surface area contributed by atoms with Crippen molar-refractivity contribution >= 4 is 23.4 Å². The molecule has 0 aliphatic rings. The Morgan fingerprint density at radius 1 is 0.962 bits per heavy atom. The van der Waals surface area contributed by atoms with Crippen molar-refractivity contribution < 1.29 is 9.59 Å². The maximum absolute atomic E-state index is 12.7. The zero-order valence-electron chi connectivity index (χ0n) is 15.3. The third kappa shape index (κ3) is 5.60. The Morgan fingerprint density at radius 3 is 2.19 bits per heavy atom. The molecule has 1 N–H and O–H groups in total. The van der Waals surface area contributed by atoms with Gasteiger partial charge in [-0.1, -0.05) is 43.6 Å². The lowest BCUT2D eigenvalue weighted by atomic mass is 10.1. The third-order valence-electron chi connectivity index (χ3n) is 4.01.